The minimum absolute atomic E-state index is 0. The van der Waals surface area contributed by atoms with Crippen LogP contribution in [0.2, 0.25) is 0 Å². The summed E-state index contributed by atoms with van der Waals surface area (Å²) in [7, 11) is 1.81. The number of hydrogen-bond donors (Lipinski definition) is 3. The van der Waals surface area contributed by atoms with Crippen LogP contribution in [-0.4, -0.2) is 68.4 Å². The number of aliphatic imine (C=N–C) groups is 1. The molecule has 0 aromatic carbocycles. The Labute approximate surface area is 186 Å². The van der Waals surface area contributed by atoms with E-state index in [2.05, 4.69) is 25.8 Å². The maximum Gasteiger partial charge on any atom is 0.407 e. The maximum atomic E-state index is 11.7. The molecule has 7 nitrogen and oxygen atoms in total. The van der Waals surface area contributed by atoms with Gasteiger partial charge in [0.15, 0.2) is 5.96 Å². The lowest BCUT2D eigenvalue weighted by molar-refractivity contribution is 0.146. The molecule has 2 aliphatic carbocycles. The van der Waals surface area contributed by atoms with Crippen molar-refractivity contribution in [2.24, 2.45) is 10.9 Å². The number of piperidine rings is 1. The second kappa shape index (κ2) is 12.0. The molecule has 1 heterocycles. The zero-order chi connectivity index (χ0) is 19.1. The van der Waals surface area contributed by atoms with Crippen molar-refractivity contribution in [3.8, 4) is 0 Å². The standard InChI is InChI=1S/C20H37N5O2.HI/c1-3-27-20(26)24-18(15-8-9-15)14-22-19(21-2)23-16-10-12-25(13-11-16)17-6-4-5-7-17;/h15-18H,3-14H2,1-2H3,(H,24,26)(H2,21,22,23);1H. The first kappa shape index (κ1) is 23.5. The average Bonchev–Trinajstić information content (AvgIpc) is 3.38. The lowest BCUT2D eigenvalue weighted by Gasteiger charge is -2.36. The van der Waals surface area contributed by atoms with E-state index < -0.39 is 0 Å². The van der Waals surface area contributed by atoms with Gasteiger partial charge < -0.3 is 25.6 Å². The Morgan fingerprint density at radius 2 is 1.82 bits per heavy atom. The number of likely N-dealkylation sites (tertiary alicyclic amines) is 1. The highest BCUT2D eigenvalue weighted by atomic mass is 127. The summed E-state index contributed by atoms with van der Waals surface area (Å²) in [5, 5.41) is 9.97. The monoisotopic (exact) mass is 507 g/mol. The van der Waals surface area contributed by atoms with Gasteiger partial charge in [-0.2, -0.15) is 0 Å². The molecule has 0 aromatic heterocycles. The Hall–Kier alpha value is -0.770. The van der Waals surface area contributed by atoms with E-state index in [4.69, 9.17) is 4.74 Å². The van der Waals surface area contributed by atoms with Gasteiger partial charge in [-0.05, 0) is 51.4 Å². The molecule has 1 unspecified atom stereocenters. The van der Waals surface area contributed by atoms with Gasteiger partial charge in [0.05, 0.1) is 12.6 Å². The Morgan fingerprint density at radius 1 is 1.14 bits per heavy atom. The fourth-order valence-electron chi connectivity index (χ4n) is 4.43. The summed E-state index contributed by atoms with van der Waals surface area (Å²) >= 11 is 0. The van der Waals surface area contributed by atoms with Crippen LogP contribution in [0.5, 0.6) is 0 Å². The minimum atomic E-state index is -0.321. The second-order valence-electron chi connectivity index (χ2n) is 8.15. The number of rotatable bonds is 7. The van der Waals surface area contributed by atoms with Gasteiger partial charge in [0, 0.05) is 38.8 Å². The fourth-order valence-corrected chi connectivity index (χ4v) is 4.43. The van der Waals surface area contributed by atoms with Crippen molar-refractivity contribution in [3.05, 3.63) is 0 Å². The molecule has 1 amide bonds. The van der Waals surface area contributed by atoms with E-state index in [1.165, 1.54) is 64.5 Å². The summed E-state index contributed by atoms with van der Waals surface area (Å²) in [5.41, 5.74) is 0. The molecule has 3 rings (SSSR count). The van der Waals surface area contributed by atoms with Gasteiger partial charge in [0.2, 0.25) is 0 Å². The van der Waals surface area contributed by atoms with Crippen LogP contribution in [0.15, 0.2) is 4.99 Å². The lowest BCUT2D eigenvalue weighted by atomic mass is 10.0. The molecule has 1 atom stereocenters. The zero-order valence-electron chi connectivity index (χ0n) is 17.4. The molecule has 0 aromatic rings. The van der Waals surface area contributed by atoms with Crippen molar-refractivity contribution >= 4 is 36.0 Å². The molecule has 0 bridgehead atoms. The van der Waals surface area contributed by atoms with E-state index in [9.17, 15) is 4.79 Å². The van der Waals surface area contributed by atoms with E-state index in [-0.39, 0.29) is 36.1 Å². The number of carbonyl (C=O) groups is 1. The number of alkyl carbamates (subject to hydrolysis) is 1. The molecule has 1 saturated heterocycles. The Morgan fingerprint density at radius 3 is 2.39 bits per heavy atom. The molecule has 1 aliphatic heterocycles. The number of carbonyl (C=O) groups excluding carboxylic acids is 1. The van der Waals surface area contributed by atoms with Crippen molar-refractivity contribution in [2.45, 2.75) is 76.4 Å². The molecule has 2 saturated carbocycles. The molecular formula is C20H38IN5O2. The van der Waals surface area contributed by atoms with E-state index in [1.54, 1.807) is 0 Å². The van der Waals surface area contributed by atoms with E-state index in [0.29, 0.717) is 25.1 Å². The van der Waals surface area contributed by atoms with Gasteiger partial charge in [-0.1, -0.05) is 12.8 Å². The van der Waals surface area contributed by atoms with E-state index >= 15 is 0 Å². The molecule has 3 aliphatic rings. The number of hydrogen-bond acceptors (Lipinski definition) is 4. The number of ether oxygens (including phenoxy) is 1. The quantitative estimate of drug-likeness (QED) is 0.281. The van der Waals surface area contributed by atoms with Gasteiger partial charge >= 0.3 is 6.09 Å². The van der Waals surface area contributed by atoms with Gasteiger partial charge in [0.1, 0.15) is 0 Å². The van der Waals surface area contributed by atoms with Crippen LogP contribution in [0.4, 0.5) is 4.79 Å². The van der Waals surface area contributed by atoms with Crippen LogP contribution in [0.1, 0.15) is 58.3 Å². The normalized spacial score (nSPS) is 23.0. The molecule has 3 fully saturated rings. The SMILES string of the molecule is CCOC(=O)NC(CNC(=NC)NC1CCN(C2CCCC2)CC1)C1CC1.I. The minimum Gasteiger partial charge on any atom is -0.450 e. The fraction of sp³-hybridized carbons (Fsp3) is 0.900. The van der Waals surface area contributed by atoms with Gasteiger partial charge in [-0.3, -0.25) is 4.99 Å². The van der Waals surface area contributed by atoms with Crippen LogP contribution in [0.25, 0.3) is 0 Å². The molecule has 8 heteroatoms. The average molecular weight is 507 g/mol. The van der Waals surface area contributed by atoms with Gasteiger partial charge in [-0.15, -0.1) is 24.0 Å². The van der Waals surface area contributed by atoms with E-state index in [1.807, 2.05) is 14.0 Å². The first-order valence-electron chi connectivity index (χ1n) is 10.8. The summed E-state index contributed by atoms with van der Waals surface area (Å²) in [6.45, 7) is 5.29. The van der Waals surface area contributed by atoms with Crippen LogP contribution < -0.4 is 16.0 Å². The van der Waals surface area contributed by atoms with Crippen molar-refractivity contribution in [1.29, 1.82) is 0 Å². The lowest BCUT2D eigenvalue weighted by Crippen LogP contribution is -2.52. The summed E-state index contributed by atoms with van der Waals surface area (Å²) in [5.74, 6) is 1.39. The topological polar surface area (TPSA) is 78.0 Å². The zero-order valence-corrected chi connectivity index (χ0v) is 19.7. The number of halogens is 1. The van der Waals surface area contributed by atoms with Crippen LogP contribution in [-0.2, 0) is 4.74 Å². The summed E-state index contributed by atoms with van der Waals surface area (Å²) in [4.78, 5) is 18.8. The highest BCUT2D eigenvalue weighted by Crippen LogP contribution is 2.32. The van der Waals surface area contributed by atoms with Crippen LogP contribution >= 0.6 is 24.0 Å². The molecule has 0 radical (unpaired) electrons. The van der Waals surface area contributed by atoms with Crippen LogP contribution in [0, 0.1) is 5.92 Å². The third-order valence-electron chi connectivity index (χ3n) is 6.19. The molecule has 162 valence electrons. The summed E-state index contributed by atoms with van der Waals surface area (Å²) in [6.07, 6.45) is 9.94. The van der Waals surface area contributed by atoms with Crippen molar-refractivity contribution in [2.75, 3.05) is 33.3 Å². The highest BCUT2D eigenvalue weighted by Gasteiger charge is 2.33. The first-order chi connectivity index (χ1) is 13.2. The largest absolute Gasteiger partial charge is 0.450 e. The van der Waals surface area contributed by atoms with Crippen molar-refractivity contribution in [3.63, 3.8) is 0 Å². The van der Waals surface area contributed by atoms with Gasteiger partial charge in [-0.25, -0.2) is 4.79 Å². The summed E-state index contributed by atoms with van der Waals surface area (Å²) < 4.78 is 5.03. The van der Waals surface area contributed by atoms with E-state index in [0.717, 1.165) is 12.0 Å². The smallest absolute Gasteiger partial charge is 0.407 e. The Kier molecular flexibility index (Phi) is 10.1. The van der Waals surface area contributed by atoms with Crippen molar-refractivity contribution in [1.82, 2.24) is 20.9 Å². The highest BCUT2D eigenvalue weighted by molar-refractivity contribution is 14.0. The van der Waals surface area contributed by atoms with Crippen molar-refractivity contribution < 1.29 is 9.53 Å². The summed E-state index contributed by atoms with van der Waals surface area (Å²) in [6, 6.07) is 1.41. The second-order valence-corrected chi connectivity index (χ2v) is 8.15. The molecule has 28 heavy (non-hydrogen) atoms. The molecule has 3 N–H and O–H groups in total. The Balaban J connectivity index is 0.00000280. The first-order valence-corrected chi connectivity index (χ1v) is 10.8. The number of guanidine groups is 1. The third kappa shape index (κ3) is 7.24. The van der Waals surface area contributed by atoms with Crippen LogP contribution in [0.3, 0.4) is 0 Å². The number of nitrogens with one attached hydrogen (secondary N) is 3. The molecular weight excluding hydrogens is 469 g/mol. The predicted molar refractivity (Wildman–Crippen MR) is 123 cm³/mol. The number of amides is 1. The number of nitrogens with zero attached hydrogens (tertiary/aromatic N) is 2. The maximum absolute atomic E-state index is 11.7. The van der Waals surface area contributed by atoms with Gasteiger partial charge in [0.25, 0.3) is 0 Å². The predicted octanol–water partition coefficient (Wildman–Crippen LogP) is 2.70. The third-order valence-corrected chi connectivity index (χ3v) is 6.19. The molecule has 0 spiro atoms. The Bertz CT molecular complexity index is 501.